The fourth-order valence-corrected chi connectivity index (χ4v) is 2.96. The molecule has 0 aromatic carbocycles. The highest BCUT2D eigenvalue weighted by molar-refractivity contribution is 7.99. The van der Waals surface area contributed by atoms with Crippen molar-refractivity contribution in [2.24, 2.45) is 0 Å². The van der Waals surface area contributed by atoms with Crippen molar-refractivity contribution in [1.29, 1.82) is 0 Å². The normalized spacial score (nSPS) is 16.6. The monoisotopic (exact) mass is 288 g/mol. The number of carbonyl (C=O) groups excluding carboxylic acids is 1. The third kappa shape index (κ3) is 3.91. The summed E-state index contributed by atoms with van der Waals surface area (Å²) in [7, 11) is 0. The van der Waals surface area contributed by atoms with E-state index in [1.54, 1.807) is 11.8 Å². The zero-order valence-corrected chi connectivity index (χ0v) is 11.8. The molecular formula is C10H16N4O2S2. The Hall–Kier alpha value is -0.700. The summed E-state index contributed by atoms with van der Waals surface area (Å²) in [5.41, 5.74) is 0. The van der Waals surface area contributed by atoms with Gasteiger partial charge >= 0.3 is 0 Å². The summed E-state index contributed by atoms with van der Waals surface area (Å²) in [6, 6.07) is 0. The summed E-state index contributed by atoms with van der Waals surface area (Å²) >= 11 is 2.79. The number of aliphatic hydroxyl groups excluding tert-OH is 1. The molecule has 1 saturated heterocycles. The molecule has 2 rings (SSSR count). The molecule has 0 radical (unpaired) electrons. The lowest BCUT2D eigenvalue weighted by molar-refractivity contribution is -0.119. The van der Waals surface area contributed by atoms with Crippen LogP contribution in [0, 0.1) is 0 Å². The van der Waals surface area contributed by atoms with Crippen LogP contribution in [0.3, 0.4) is 0 Å². The van der Waals surface area contributed by atoms with E-state index in [-0.39, 0.29) is 12.0 Å². The van der Waals surface area contributed by atoms with Crippen LogP contribution >= 0.6 is 23.3 Å². The number of nitrogens with zero attached hydrogens (tertiary/aromatic N) is 3. The van der Waals surface area contributed by atoms with E-state index in [9.17, 15) is 4.79 Å². The maximum atomic E-state index is 11.6. The van der Waals surface area contributed by atoms with Crippen LogP contribution in [-0.4, -0.2) is 56.8 Å². The number of hydrogen-bond acceptors (Lipinski definition) is 7. The topological polar surface area (TPSA) is 78.4 Å². The van der Waals surface area contributed by atoms with Crippen molar-refractivity contribution in [3.63, 3.8) is 0 Å². The molecule has 0 spiro atoms. The molecular weight excluding hydrogens is 272 g/mol. The maximum absolute atomic E-state index is 11.6. The summed E-state index contributed by atoms with van der Waals surface area (Å²) in [6.07, 6.45) is 0.791. The Kier molecular flexibility index (Phi) is 4.93. The number of aliphatic hydroxyl groups is 1. The molecule has 0 bridgehead atoms. The number of hydrogen-bond donors (Lipinski definition) is 2. The third-order valence-corrected chi connectivity index (χ3v) is 4.19. The van der Waals surface area contributed by atoms with Crippen molar-refractivity contribution in [3.8, 4) is 0 Å². The van der Waals surface area contributed by atoms with Gasteiger partial charge in [0.25, 0.3) is 0 Å². The fraction of sp³-hybridized carbons (Fsp3) is 0.700. The smallest absolute Gasteiger partial charge is 0.240 e. The molecule has 18 heavy (non-hydrogen) atoms. The van der Waals surface area contributed by atoms with E-state index >= 15 is 0 Å². The van der Waals surface area contributed by atoms with Crippen LogP contribution in [0.15, 0.2) is 5.16 Å². The number of rotatable bonds is 6. The first-order valence-electron chi connectivity index (χ1n) is 5.84. The first-order chi connectivity index (χ1) is 8.67. The van der Waals surface area contributed by atoms with Gasteiger partial charge in [0, 0.05) is 30.4 Å². The Morgan fingerprint density at radius 3 is 3.11 bits per heavy atom. The molecule has 100 valence electrons. The van der Waals surface area contributed by atoms with Crippen LogP contribution in [0.2, 0.25) is 0 Å². The molecule has 2 heterocycles. The van der Waals surface area contributed by atoms with Gasteiger partial charge in [-0.3, -0.25) is 15.0 Å². The van der Waals surface area contributed by atoms with Crippen LogP contribution in [-0.2, 0) is 4.79 Å². The van der Waals surface area contributed by atoms with Crippen molar-refractivity contribution in [3.05, 3.63) is 0 Å². The van der Waals surface area contributed by atoms with Gasteiger partial charge in [0.05, 0.1) is 12.6 Å². The number of β-amino-alcohol motifs (C(OH)–C–C–N with tert-alkyl or cyclic N) is 1. The predicted octanol–water partition coefficient (Wildman–Crippen LogP) is 0.655. The van der Waals surface area contributed by atoms with E-state index in [0.29, 0.717) is 24.8 Å². The third-order valence-electron chi connectivity index (χ3n) is 2.39. The van der Waals surface area contributed by atoms with Crippen molar-refractivity contribution in [2.75, 3.05) is 30.7 Å². The van der Waals surface area contributed by atoms with E-state index < -0.39 is 0 Å². The number of nitrogens with one attached hydrogen (secondary N) is 1. The first-order valence-corrected chi connectivity index (χ1v) is 7.60. The van der Waals surface area contributed by atoms with E-state index in [0.717, 1.165) is 17.3 Å². The zero-order valence-electron chi connectivity index (χ0n) is 10.1. The van der Waals surface area contributed by atoms with Gasteiger partial charge < -0.3 is 5.11 Å². The van der Waals surface area contributed by atoms with E-state index in [1.165, 1.54) is 11.5 Å². The molecule has 1 aromatic rings. The molecule has 1 fully saturated rings. The molecule has 0 unspecified atom stereocenters. The highest BCUT2D eigenvalue weighted by atomic mass is 32.2. The van der Waals surface area contributed by atoms with Crippen LogP contribution in [0.4, 0.5) is 5.13 Å². The summed E-state index contributed by atoms with van der Waals surface area (Å²) in [5, 5.41) is 13.1. The second-order valence-electron chi connectivity index (χ2n) is 4.13. The summed E-state index contributed by atoms with van der Waals surface area (Å²) < 4.78 is 4.16. The van der Waals surface area contributed by atoms with Gasteiger partial charge in [-0.15, -0.1) is 0 Å². The van der Waals surface area contributed by atoms with Gasteiger partial charge in [0.1, 0.15) is 0 Å². The number of amides is 1. The van der Waals surface area contributed by atoms with Crippen molar-refractivity contribution in [1.82, 2.24) is 14.3 Å². The predicted molar refractivity (Wildman–Crippen MR) is 72.0 cm³/mol. The zero-order chi connectivity index (χ0) is 13.0. The molecule has 2 N–H and O–H groups in total. The van der Waals surface area contributed by atoms with E-state index in [1.807, 2.05) is 4.90 Å². The lowest BCUT2D eigenvalue weighted by Gasteiger charge is -2.34. The Labute approximate surface area is 114 Å². The Bertz CT molecular complexity index is 406. The maximum Gasteiger partial charge on any atom is 0.240 e. The van der Waals surface area contributed by atoms with Gasteiger partial charge in [0.2, 0.25) is 16.2 Å². The minimum atomic E-state index is -0.281. The minimum absolute atomic E-state index is 0.106. The van der Waals surface area contributed by atoms with Gasteiger partial charge in [0.15, 0.2) is 0 Å². The van der Waals surface area contributed by atoms with Crippen molar-refractivity contribution in [2.45, 2.75) is 24.6 Å². The molecule has 0 saturated carbocycles. The van der Waals surface area contributed by atoms with E-state index in [4.69, 9.17) is 5.11 Å². The van der Waals surface area contributed by atoms with Crippen molar-refractivity contribution >= 4 is 34.3 Å². The summed E-state index contributed by atoms with van der Waals surface area (Å²) in [5.74, 6) is 0.876. The lowest BCUT2D eigenvalue weighted by Crippen LogP contribution is -2.53. The molecule has 1 aliphatic rings. The van der Waals surface area contributed by atoms with Gasteiger partial charge in [-0.05, 0) is 6.42 Å². The Morgan fingerprint density at radius 1 is 1.67 bits per heavy atom. The quantitative estimate of drug-likeness (QED) is 0.749. The second kappa shape index (κ2) is 6.46. The molecule has 1 aromatic heterocycles. The summed E-state index contributed by atoms with van der Waals surface area (Å²) in [6.45, 7) is 3.54. The van der Waals surface area contributed by atoms with Crippen LogP contribution in [0.1, 0.15) is 13.3 Å². The Morgan fingerprint density at radius 2 is 2.44 bits per heavy atom. The number of aromatic nitrogens is 2. The summed E-state index contributed by atoms with van der Waals surface area (Å²) in [4.78, 5) is 17.8. The molecule has 6 nitrogen and oxygen atoms in total. The average Bonchev–Trinajstić information content (AvgIpc) is 2.72. The highest BCUT2D eigenvalue weighted by Crippen LogP contribution is 2.20. The van der Waals surface area contributed by atoms with Crippen LogP contribution in [0.25, 0.3) is 0 Å². The number of thioether (sulfide) groups is 1. The number of likely N-dealkylation sites (tertiary alicyclic amines) is 1. The molecule has 1 amide bonds. The van der Waals surface area contributed by atoms with Crippen LogP contribution in [0.5, 0.6) is 0 Å². The largest absolute Gasteiger partial charge is 0.390 e. The molecule has 0 aliphatic carbocycles. The highest BCUT2D eigenvalue weighted by Gasteiger charge is 2.26. The second-order valence-corrected chi connectivity index (χ2v) is 5.94. The fourth-order valence-electron chi connectivity index (χ4n) is 1.55. The number of anilines is 1. The van der Waals surface area contributed by atoms with Gasteiger partial charge in [-0.1, -0.05) is 18.7 Å². The van der Waals surface area contributed by atoms with Crippen LogP contribution < -0.4 is 5.32 Å². The standard InChI is InChI=1S/C10H16N4O2S2/c1-2-3-17-10-12-9(18-13-10)11-8(16)6-14-4-7(15)5-14/h7,15H,2-6H2,1H3,(H,11,12,13,16). The van der Waals surface area contributed by atoms with Crippen molar-refractivity contribution < 1.29 is 9.90 Å². The first kappa shape index (κ1) is 13.7. The molecule has 8 heteroatoms. The average molecular weight is 288 g/mol. The lowest BCUT2D eigenvalue weighted by atomic mass is 10.2. The molecule has 1 aliphatic heterocycles. The van der Waals surface area contributed by atoms with E-state index in [2.05, 4.69) is 21.6 Å². The Balaban J connectivity index is 1.74. The number of carbonyl (C=O) groups is 1. The SMILES string of the molecule is CCCSc1nsc(NC(=O)CN2CC(O)C2)n1. The van der Waals surface area contributed by atoms with Gasteiger partial charge in [-0.25, -0.2) is 0 Å². The van der Waals surface area contributed by atoms with Gasteiger partial charge in [-0.2, -0.15) is 9.36 Å². The molecule has 0 atom stereocenters. The minimum Gasteiger partial charge on any atom is -0.390 e.